The van der Waals surface area contributed by atoms with Crippen LogP contribution < -0.4 is 4.72 Å². The Kier molecular flexibility index (Phi) is 2.90. The van der Waals surface area contributed by atoms with Crippen LogP contribution in [0.5, 0.6) is 0 Å². The average molecular weight is 280 g/mol. The third kappa shape index (κ3) is 1.80. The molecule has 0 saturated heterocycles. The average Bonchev–Trinajstić information content (AvgIpc) is 2.45. The fraction of sp³-hybridized carbons (Fsp3) is 0.308. The molecule has 0 fully saturated rings. The van der Waals surface area contributed by atoms with E-state index in [0.29, 0.717) is 0 Å². The Balaban J connectivity index is 2.25. The molecule has 1 aliphatic heterocycles. The van der Waals surface area contributed by atoms with Crippen LogP contribution in [-0.2, 0) is 4.18 Å². The second-order valence-corrected chi connectivity index (χ2v) is 6.79. The summed E-state index contributed by atoms with van der Waals surface area (Å²) >= 11 is 0. The van der Waals surface area contributed by atoms with Crippen molar-refractivity contribution in [2.75, 3.05) is 18.9 Å². The fourth-order valence-electron chi connectivity index (χ4n) is 2.40. The summed E-state index contributed by atoms with van der Waals surface area (Å²) in [4.78, 5) is 4.45. The maximum absolute atomic E-state index is 8.46. The van der Waals surface area contributed by atoms with E-state index >= 15 is 0 Å². The summed E-state index contributed by atoms with van der Waals surface area (Å²) < 4.78 is 19.0. The van der Waals surface area contributed by atoms with Crippen LogP contribution in [0.25, 0.3) is 10.9 Å². The Labute approximate surface area is 114 Å². The number of benzene rings is 1. The monoisotopic (exact) mass is 280 g/mol. The van der Waals surface area contributed by atoms with E-state index in [1.54, 1.807) is 13.3 Å². The lowest BCUT2D eigenvalue weighted by molar-refractivity contribution is 0.300. The number of hydrogen-bond donors (Lipinski definition) is 1. The van der Waals surface area contributed by atoms with E-state index in [1.165, 1.54) is 0 Å². The van der Waals surface area contributed by atoms with Crippen molar-refractivity contribution in [1.29, 1.82) is 0 Å². The molecule has 0 saturated carbocycles. The number of anilines is 1. The van der Waals surface area contributed by atoms with E-state index in [9.17, 15) is 0 Å². The topological polar surface area (TPSA) is 60.3 Å². The second kappa shape index (κ2) is 4.35. The zero-order valence-electron chi connectivity index (χ0n) is 11.2. The Hall–Kier alpha value is -1.34. The van der Waals surface area contributed by atoms with Gasteiger partial charge in [-0.2, -0.15) is 0 Å². The van der Waals surface area contributed by atoms with Gasteiger partial charge in [-0.05, 0) is 18.6 Å². The lowest BCUT2D eigenvalue weighted by Crippen LogP contribution is -2.36. The van der Waals surface area contributed by atoms with E-state index < -0.39 is 11.0 Å². The van der Waals surface area contributed by atoms with Crippen molar-refractivity contribution >= 4 is 27.6 Å². The van der Waals surface area contributed by atoms with Crippen molar-refractivity contribution in [3.8, 4) is 0 Å². The minimum absolute atomic E-state index is 0.120. The highest BCUT2D eigenvalue weighted by atomic mass is 32.3. The van der Waals surface area contributed by atoms with Gasteiger partial charge < -0.3 is 0 Å². The van der Waals surface area contributed by atoms with Crippen molar-refractivity contribution in [1.82, 2.24) is 9.29 Å². The summed E-state index contributed by atoms with van der Waals surface area (Å²) in [7, 11) is 1.27. The molecule has 19 heavy (non-hydrogen) atoms. The van der Waals surface area contributed by atoms with Crippen LogP contribution in [0, 0.1) is 0 Å². The Morgan fingerprint density at radius 1 is 1.42 bits per heavy atom. The van der Waals surface area contributed by atoms with Crippen LogP contribution >= 0.6 is 11.0 Å². The second-order valence-electron chi connectivity index (χ2n) is 4.62. The lowest BCUT2D eigenvalue weighted by Gasteiger charge is -2.47. The van der Waals surface area contributed by atoms with Gasteiger partial charge in [0.2, 0.25) is 0 Å². The van der Waals surface area contributed by atoms with E-state index in [4.69, 9.17) is 8.74 Å². The first-order valence-electron chi connectivity index (χ1n) is 6.09. The molecule has 0 amide bonds. The SMILES string of the molecule is COS1([OH2+])Nc2c(ccc3cccnc23)C(C)N1C. The molecule has 2 atom stereocenters. The number of nitrogens with zero attached hydrogens (tertiary/aromatic N) is 2. The van der Waals surface area contributed by atoms with Gasteiger partial charge in [0.25, 0.3) is 0 Å². The van der Waals surface area contributed by atoms with Crippen LogP contribution in [0.3, 0.4) is 0 Å². The Morgan fingerprint density at radius 3 is 2.95 bits per heavy atom. The normalized spacial score (nSPS) is 30.4. The first-order chi connectivity index (χ1) is 9.07. The quantitative estimate of drug-likeness (QED) is 0.815. The molecule has 6 heteroatoms. The van der Waals surface area contributed by atoms with Crippen molar-refractivity contribution < 1.29 is 8.74 Å². The maximum Gasteiger partial charge on any atom is 0.0954 e. The third-order valence-corrected chi connectivity index (χ3v) is 5.78. The van der Waals surface area contributed by atoms with Gasteiger partial charge in [-0.3, -0.25) is 9.54 Å². The molecule has 3 rings (SSSR count). The van der Waals surface area contributed by atoms with E-state index in [-0.39, 0.29) is 6.04 Å². The Bertz CT molecular complexity index is 636. The molecule has 102 valence electrons. The summed E-state index contributed by atoms with van der Waals surface area (Å²) in [5, 5.41) is 1.07. The molecular formula is C13H18N3O2S+. The number of pyridine rings is 1. The van der Waals surface area contributed by atoms with Gasteiger partial charge in [0.05, 0.1) is 24.4 Å². The van der Waals surface area contributed by atoms with Crippen LogP contribution in [0.15, 0.2) is 30.5 Å². The molecule has 1 aromatic carbocycles. The molecule has 3 N–H and O–H groups in total. The predicted octanol–water partition coefficient (Wildman–Crippen LogP) is 2.49. The fourth-order valence-corrected chi connectivity index (χ4v) is 3.92. The van der Waals surface area contributed by atoms with Gasteiger partial charge >= 0.3 is 0 Å². The largest absolute Gasteiger partial charge is 0.297 e. The minimum atomic E-state index is -2.22. The number of rotatable bonds is 1. The molecule has 0 aliphatic carbocycles. The Morgan fingerprint density at radius 2 is 2.21 bits per heavy atom. The van der Waals surface area contributed by atoms with Gasteiger partial charge in [0.15, 0.2) is 0 Å². The summed E-state index contributed by atoms with van der Waals surface area (Å²) in [6, 6.07) is 8.25. The number of hydrogen-bond acceptors (Lipinski definition) is 4. The van der Waals surface area contributed by atoms with Crippen LogP contribution in [0.2, 0.25) is 0 Å². The number of nitrogens with one attached hydrogen (secondary N) is 1. The standard InChI is InChI=1S/C13H17N3O2S/c1-9-11-7-6-10-5-4-8-14-12(10)13(11)15-19(17,18-3)16(9)2/h4-9,15,17H,1-3H3/p+1. The first-order valence-corrected chi connectivity index (χ1v) is 7.60. The van der Waals surface area contributed by atoms with E-state index in [2.05, 4.69) is 28.8 Å². The molecular weight excluding hydrogens is 262 g/mol. The molecule has 0 spiro atoms. The van der Waals surface area contributed by atoms with Crippen molar-refractivity contribution in [2.45, 2.75) is 13.0 Å². The summed E-state index contributed by atoms with van der Waals surface area (Å²) in [5.41, 5.74) is 2.98. The van der Waals surface area contributed by atoms with Crippen molar-refractivity contribution in [3.05, 3.63) is 36.0 Å². The van der Waals surface area contributed by atoms with Crippen LogP contribution in [0.1, 0.15) is 18.5 Å². The molecule has 2 heterocycles. The smallest absolute Gasteiger partial charge is 0.0954 e. The molecule has 2 aromatic rings. The summed E-state index contributed by atoms with van der Waals surface area (Å²) in [6.45, 7) is 2.09. The van der Waals surface area contributed by atoms with Crippen LogP contribution in [0.4, 0.5) is 5.69 Å². The van der Waals surface area contributed by atoms with E-state index in [0.717, 1.165) is 22.2 Å². The minimum Gasteiger partial charge on any atom is -0.297 e. The van der Waals surface area contributed by atoms with Gasteiger partial charge in [0, 0.05) is 29.6 Å². The van der Waals surface area contributed by atoms with Gasteiger partial charge in [-0.1, -0.05) is 18.2 Å². The number of aromatic nitrogens is 1. The van der Waals surface area contributed by atoms with Crippen molar-refractivity contribution in [3.63, 3.8) is 0 Å². The van der Waals surface area contributed by atoms with Gasteiger partial charge in [-0.15, -0.1) is 4.31 Å². The predicted molar refractivity (Wildman–Crippen MR) is 79.8 cm³/mol. The highest BCUT2D eigenvalue weighted by Crippen LogP contribution is 2.56. The highest BCUT2D eigenvalue weighted by molar-refractivity contribution is 8.24. The lowest BCUT2D eigenvalue weighted by atomic mass is 10.0. The highest BCUT2D eigenvalue weighted by Gasteiger charge is 2.38. The first kappa shape index (κ1) is 12.7. The maximum atomic E-state index is 8.46. The van der Waals surface area contributed by atoms with Crippen LogP contribution in [-0.4, -0.2) is 28.0 Å². The molecule has 2 unspecified atom stereocenters. The molecule has 0 bridgehead atoms. The van der Waals surface area contributed by atoms with Gasteiger partial charge in [-0.25, -0.2) is 8.91 Å². The number of fused-ring (bicyclic) bond motifs is 3. The summed E-state index contributed by atoms with van der Waals surface area (Å²) in [6.07, 6.45) is 1.78. The molecule has 1 aliphatic rings. The van der Waals surface area contributed by atoms with E-state index in [1.807, 2.05) is 23.5 Å². The zero-order chi connectivity index (χ0) is 13.6. The summed E-state index contributed by atoms with van der Waals surface area (Å²) in [5.74, 6) is 0. The molecule has 1 aromatic heterocycles. The van der Waals surface area contributed by atoms with Gasteiger partial charge in [0.1, 0.15) is 0 Å². The van der Waals surface area contributed by atoms with Crippen molar-refractivity contribution in [2.24, 2.45) is 0 Å². The third-order valence-electron chi connectivity index (χ3n) is 3.69. The molecule has 5 nitrogen and oxygen atoms in total. The molecule has 0 radical (unpaired) electrons. The zero-order valence-corrected chi connectivity index (χ0v) is 12.0.